The topological polar surface area (TPSA) is 49.4 Å². The maximum absolute atomic E-state index is 13.5. The summed E-state index contributed by atoms with van der Waals surface area (Å²) < 4.78 is 13.8. The Morgan fingerprint density at radius 2 is 2.15 bits per heavy atom. The summed E-state index contributed by atoms with van der Waals surface area (Å²) in [6, 6.07) is 4.15. The van der Waals surface area contributed by atoms with E-state index in [-0.39, 0.29) is 36.6 Å². The van der Waals surface area contributed by atoms with E-state index in [4.69, 9.17) is 0 Å². The third kappa shape index (κ3) is 3.00. The van der Waals surface area contributed by atoms with Crippen LogP contribution in [0.25, 0.3) is 0 Å². The van der Waals surface area contributed by atoms with Crippen LogP contribution in [0.5, 0.6) is 0 Å². The van der Waals surface area contributed by atoms with Gasteiger partial charge in [0.2, 0.25) is 11.8 Å². The van der Waals surface area contributed by atoms with Gasteiger partial charge in [0.15, 0.2) is 0 Å². The number of carbonyl (C=O) groups excluding carboxylic acids is 2. The molecule has 2 amide bonds. The fourth-order valence-electron chi connectivity index (χ4n) is 2.19. The molecular formula is C14H16BrFN2O2. The monoisotopic (exact) mass is 342 g/mol. The molecule has 1 heterocycles. The SMILES string of the molecule is CC(C)C1NC(=O)CN(Cc2cccc(F)c2Br)C1=O. The highest BCUT2D eigenvalue weighted by molar-refractivity contribution is 9.10. The highest BCUT2D eigenvalue weighted by Crippen LogP contribution is 2.23. The van der Waals surface area contributed by atoms with Crippen LogP contribution in [0, 0.1) is 11.7 Å². The van der Waals surface area contributed by atoms with E-state index in [2.05, 4.69) is 21.2 Å². The van der Waals surface area contributed by atoms with Crippen molar-refractivity contribution in [2.75, 3.05) is 6.54 Å². The minimum atomic E-state index is -0.511. The van der Waals surface area contributed by atoms with Gasteiger partial charge in [0.05, 0.1) is 11.0 Å². The fourth-order valence-corrected chi connectivity index (χ4v) is 2.58. The van der Waals surface area contributed by atoms with Gasteiger partial charge in [0.1, 0.15) is 11.9 Å². The molecule has 0 saturated carbocycles. The molecule has 1 aliphatic rings. The molecule has 1 saturated heterocycles. The van der Waals surface area contributed by atoms with Crippen molar-refractivity contribution in [1.29, 1.82) is 0 Å². The number of piperazine rings is 1. The van der Waals surface area contributed by atoms with E-state index >= 15 is 0 Å². The van der Waals surface area contributed by atoms with E-state index in [1.54, 1.807) is 12.1 Å². The zero-order chi connectivity index (χ0) is 14.9. The quantitative estimate of drug-likeness (QED) is 0.914. The molecule has 1 aliphatic heterocycles. The lowest BCUT2D eigenvalue weighted by atomic mass is 10.0. The van der Waals surface area contributed by atoms with Gasteiger partial charge in [-0.1, -0.05) is 26.0 Å². The average molecular weight is 343 g/mol. The Hall–Kier alpha value is -1.43. The average Bonchev–Trinajstić information content (AvgIpc) is 2.38. The summed E-state index contributed by atoms with van der Waals surface area (Å²) in [4.78, 5) is 25.5. The van der Waals surface area contributed by atoms with Crippen LogP contribution in [-0.4, -0.2) is 29.3 Å². The van der Waals surface area contributed by atoms with Crippen molar-refractivity contribution in [3.63, 3.8) is 0 Å². The second-order valence-corrected chi connectivity index (χ2v) is 5.99. The third-order valence-electron chi connectivity index (χ3n) is 3.29. The first-order valence-electron chi connectivity index (χ1n) is 6.41. The summed E-state index contributed by atoms with van der Waals surface area (Å²) in [6.07, 6.45) is 0. The predicted octanol–water partition coefficient (Wildman–Crippen LogP) is 2.07. The lowest BCUT2D eigenvalue weighted by Gasteiger charge is -2.34. The van der Waals surface area contributed by atoms with Crippen LogP contribution in [-0.2, 0) is 16.1 Å². The molecule has 0 radical (unpaired) electrons. The van der Waals surface area contributed by atoms with Crippen LogP contribution in [0.1, 0.15) is 19.4 Å². The molecule has 0 aliphatic carbocycles. The summed E-state index contributed by atoms with van der Waals surface area (Å²) in [5.41, 5.74) is 0.649. The van der Waals surface area contributed by atoms with E-state index in [9.17, 15) is 14.0 Å². The number of hydrogen-bond donors (Lipinski definition) is 1. The van der Waals surface area contributed by atoms with Gasteiger partial charge in [0, 0.05) is 6.54 Å². The number of hydrogen-bond acceptors (Lipinski definition) is 2. The van der Waals surface area contributed by atoms with E-state index in [1.807, 2.05) is 13.8 Å². The van der Waals surface area contributed by atoms with Crippen LogP contribution < -0.4 is 5.32 Å². The molecule has 1 unspecified atom stereocenters. The molecule has 1 aromatic rings. The van der Waals surface area contributed by atoms with E-state index in [0.29, 0.717) is 10.0 Å². The molecule has 1 fully saturated rings. The van der Waals surface area contributed by atoms with Gasteiger partial charge in [0.25, 0.3) is 0 Å². The first-order chi connectivity index (χ1) is 9.40. The highest BCUT2D eigenvalue weighted by Gasteiger charge is 2.34. The maximum Gasteiger partial charge on any atom is 0.246 e. The fraction of sp³-hybridized carbons (Fsp3) is 0.429. The molecule has 0 bridgehead atoms. The van der Waals surface area contributed by atoms with E-state index in [1.165, 1.54) is 11.0 Å². The van der Waals surface area contributed by atoms with Crippen molar-refractivity contribution >= 4 is 27.7 Å². The third-order valence-corrected chi connectivity index (χ3v) is 4.18. The Balaban J connectivity index is 2.21. The number of amides is 2. The second-order valence-electron chi connectivity index (χ2n) is 5.20. The predicted molar refractivity (Wildman–Crippen MR) is 76.3 cm³/mol. The van der Waals surface area contributed by atoms with Crippen LogP contribution in [0.15, 0.2) is 22.7 Å². The van der Waals surface area contributed by atoms with E-state index in [0.717, 1.165) is 0 Å². The van der Waals surface area contributed by atoms with Crippen molar-refractivity contribution in [2.45, 2.75) is 26.4 Å². The van der Waals surface area contributed by atoms with Crippen LogP contribution >= 0.6 is 15.9 Å². The molecule has 6 heteroatoms. The Kier molecular flexibility index (Phi) is 4.42. The van der Waals surface area contributed by atoms with Crippen LogP contribution in [0.2, 0.25) is 0 Å². The largest absolute Gasteiger partial charge is 0.343 e. The van der Waals surface area contributed by atoms with Crippen molar-refractivity contribution in [2.24, 2.45) is 5.92 Å². The number of nitrogens with one attached hydrogen (secondary N) is 1. The first kappa shape index (κ1) is 15.0. The van der Waals surface area contributed by atoms with Gasteiger partial charge in [-0.3, -0.25) is 9.59 Å². The summed E-state index contributed by atoms with van der Waals surface area (Å²) in [6.45, 7) is 3.98. The normalized spacial score (nSPS) is 19.4. The zero-order valence-corrected chi connectivity index (χ0v) is 12.9. The smallest absolute Gasteiger partial charge is 0.246 e. The van der Waals surface area contributed by atoms with E-state index < -0.39 is 6.04 Å². The Morgan fingerprint density at radius 1 is 1.45 bits per heavy atom. The second kappa shape index (κ2) is 5.91. The van der Waals surface area contributed by atoms with Gasteiger partial charge < -0.3 is 10.2 Å². The number of nitrogens with zero attached hydrogens (tertiary/aromatic N) is 1. The molecule has 1 aromatic carbocycles. The lowest BCUT2D eigenvalue weighted by Crippen LogP contribution is -2.59. The summed E-state index contributed by atoms with van der Waals surface area (Å²) >= 11 is 3.17. The standard InChI is InChI=1S/C14H16BrFN2O2/c1-8(2)13-14(20)18(7-11(19)17-13)6-9-4-3-5-10(16)12(9)15/h3-5,8,13H,6-7H2,1-2H3,(H,17,19). The molecule has 108 valence electrons. The zero-order valence-electron chi connectivity index (χ0n) is 11.3. The highest BCUT2D eigenvalue weighted by atomic mass is 79.9. The number of benzene rings is 1. The molecule has 0 aromatic heterocycles. The van der Waals surface area contributed by atoms with Crippen molar-refractivity contribution in [1.82, 2.24) is 10.2 Å². The van der Waals surface area contributed by atoms with Crippen LogP contribution in [0.4, 0.5) is 4.39 Å². The van der Waals surface area contributed by atoms with Gasteiger partial charge in [-0.15, -0.1) is 0 Å². The van der Waals surface area contributed by atoms with Crippen molar-refractivity contribution in [3.05, 3.63) is 34.1 Å². The summed E-state index contributed by atoms with van der Waals surface area (Å²) in [5, 5.41) is 2.69. The molecule has 1 atom stereocenters. The number of carbonyl (C=O) groups is 2. The summed E-state index contributed by atoms with van der Waals surface area (Å²) in [5.74, 6) is -0.673. The lowest BCUT2D eigenvalue weighted by molar-refractivity contribution is -0.146. The maximum atomic E-state index is 13.5. The Morgan fingerprint density at radius 3 is 2.80 bits per heavy atom. The Bertz CT molecular complexity index is 548. The van der Waals surface area contributed by atoms with Gasteiger partial charge in [-0.25, -0.2) is 4.39 Å². The molecular weight excluding hydrogens is 327 g/mol. The van der Waals surface area contributed by atoms with Crippen molar-refractivity contribution in [3.8, 4) is 0 Å². The molecule has 0 spiro atoms. The molecule has 20 heavy (non-hydrogen) atoms. The van der Waals surface area contributed by atoms with Gasteiger partial charge in [-0.05, 0) is 33.5 Å². The Labute approximate surface area is 125 Å². The molecule has 2 rings (SSSR count). The first-order valence-corrected chi connectivity index (χ1v) is 7.20. The summed E-state index contributed by atoms with van der Waals surface area (Å²) in [7, 11) is 0. The van der Waals surface area contributed by atoms with Gasteiger partial charge in [-0.2, -0.15) is 0 Å². The van der Waals surface area contributed by atoms with Gasteiger partial charge >= 0.3 is 0 Å². The minimum Gasteiger partial charge on any atom is -0.343 e. The van der Waals surface area contributed by atoms with Crippen LogP contribution in [0.3, 0.4) is 0 Å². The molecule has 1 N–H and O–H groups in total. The number of halogens is 2. The van der Waals surface area contributed by atoms with Crippen molar-refractivity contribution < 1.29 is 14.0 Å². The molecule has 4 nitrogen and oxygen atoms in total. The number of rotatable bonds is 3. The minimum absolute atomic E-state index is 0.00497.